The molecule has 1 unspecified atom stereocenters. The Morgan fingerprint density at radius 2 is 1.62 bits per heavy atom. The van der Waals surface area contributed by atoms with E-state index < -0.39 is 0 Å². The van der Waals surface area contributed by atoms with Gasteiger partial charge in [0.25, 0.3) is 5.69 Å². The second-order valence-electron chi connectivity index (χ2n) is 9.59. The van der Waals surface area contributed by atoms with E-state index in [1.165, 1.54) is 36.9 Å². The van der Waals surface area contributed by atoms with Gasteiger partial charge in [-0.3, -0.25) is 10.1 Å². The van der Waals surface area contributed by atoms with E-state index in [1.54, 1.807) is 12.1 Å². The third-order valence-corrected chi connectivity index (χ3v) is 7.13. The molecule has 1 saturated heterocycles. The summed E-state index contributed by atoms with van der Waals surface area (Å²) >= 11 is 0. The fourth-order valence-corrected chi connectivity index (χ4v) is 5.07. The van der Waals surface area contributed by atoms with Gasteiger partial charge < -0.3 is 4.90 Å². The molecule has 2 aromatic carbocycles. The van der Waals surface area contributed by atoms with Crippen LogP contribution in [0.1, 0.15) is 50.7 Å². The molecule has 2 heterocycles. The Balaban J connectivity index is 1.66. The monoisotopic (exact) mass is 432 g/mol. The zero-order valence-electron chi connectivity index (χ0n) is 19.2. The van der Waals surface area contributed by atoms with E-state index in [0.29, 0.717) is 5.92 Å². The second-order valence-corrected chi connectivity index (χ2v) is 9.59. The summed E-state index contributed by atoms with van der Waals surface area (Å²) in [6, 6.07) is 17.7. The molecule has 2 aromatic rings. The summed E-state index contributed by atoms with van der Waals surface area (Å²) in [6.07, 6.45) is 10.6. The van der Waals surface area contributed by atoms with Crippen LogP contribution in [0.2, 0.25) is 0 Å². The number of likely N-dealkylation sites (tertiary alicyclic amines) is 1. The number of hydrogen-bond acceptors (Lipinski definition) is 3. The molecule has 0 aromatic heterocycles. The molecule has 0 aliphatic carbocycles. The van der Waals surface area contributed by atoms with Crippen molar-refractivity contribution in [1.29, 1.82) is 0 Å². The average Bonchev–Trinajstić information content (AvgIpc) is 3.07. The number of allylic oxidation sites excluding steroid dienone is 1. The molecule has 5 nitrogen and oxygen atoms in total. The van der Waals surface area contributed by atoms with Crippen LogP contribution in [0.4, 0.5) is 5.69 Å². The number of benzene rings is 2. The van der Waals surface area contributed by atoms with Gasteiger partial charge >= 0.3 is 0 Å². The third kappa shape index (κ3) is 4.93. The number of non-ortho nitro benzene ring substituents is 1. The lowest BCUT2D eigenvalue weighted by Crippen LogP contribution is -2.50. The van der Waals surface area contributed by atoms with Crippen LogP contribution in [0.15, 0.2) is 66.4 Å². The Morgan fingerprint density at radius 1 is 0.969 bits per heavy atom. The predicted molar refractivity (Wildman–Crippen MR) is 129 cm³/mol. The average molecular weight is 433 g/mol. The van der Waals surface area contributed by atoms with Crippen LogP contribution >= 0.6 is 0 Å². The van der Waals surface area contributed by atoms with Crippen LogP contribution in [-0.2, 0) is 13.0 Å². The van der Waals surface area contributed by atoms with Crippen molar-refractivity contribution in [2.45, 2.75) is 58.0 Å². The van der Waals surface area contributed by atoms with Crippen molar-refractivity contribution in [2.24, 2.45) is 5.92 Å². The van der Waals surface area contributed by atoms with Gasteiger partial charge in [0.15, 0.2) is 18.3 Å². The summed E-state index contributed by atoms with van der Waals surface area (Å²) in [6.45, 7) is 7.78. The van der Waals surface area contributed by atoms with Gasteiger partial charge in [-0.15, -0.1) is 0 Å². The quantitative estimate of drug-likeness (QED) is 0.340. The Morgan fingerprint density at radius 3 is 2.25 bits per heavy atom. The van der Waals surface area contributed by atoms with Gasteiger partial charge in [0, 0.05) is 56.4 Å². The van der Waals surface area contributed by atoms with Gasteiger partial charge in [0.2, 0.25) is 0 Å². The number of nitrogens with zero attached hydrogens (tertiary/aromatic N) is 3. The maximum Gasteiger partial charge on any atom is 0.269 e. The maximum atomic E-state index is 11.1. The molecule has 168 valence electrons. The van der Waals surface area contributed by atoms with Crippen molar-refractivity contribution in [3.63, 3.8) is 0 Å². The summed E-state index contributed by atoms with van der Waals surface area (Å²) in [7, 11) is 0. The molecule has 1 atom stereocenters. The van der Waals surface area contributed by atoms with Crippen molar-refractivity contribution in [3.05, 3.63) is 87.6 Å². The molecular weight excluding hydrogens is 398 g/mol. The molecule has 0 spiro atoms. The number of nitro groups is 1. The molecule has 2 aliphatic heterocycles. The Bertz CT molecular complexity index is 985. The lowest BCUT2D eigenvalue weighted by molar-refractivity contribution is -0.621. The minimum Gasteiger partial charge on any atom is -0.374 e. The standard InChI is InChI=1S/C27H34N3O2/c1-27(2)25(20-22-12-14-24(15-13-22)30(31)32)26(28-17-8-3-4-9-18-28)16-19-29(27)21-23-10-6-5-7-11-23/h5-7,10-16,19,25H,3-4,8-9,17-18,20-21H2,1-2H3/q+1. The molecular formula is C27H34N3O2+. The van der Waals surface area contributed by atoms with E-state index in [4.69, 9.17) is 0 Å². The van der Waals surface area contributed by atoms with Crippen molar-refractivity contribution < 1.29 is 9.50 Å². The summed E-state index contributed by atoms with van der Waals surface area (Å²) in [5, 5.41) is 11.1. The van der Waals surface area contributed by atoms with E-state index >= 15 is 0 Å². The summed E-state index contributed by atoms with van der Waals surface area (Å²) < 4.78 is 2.46. The van der Waals surface area contributed by atoms with Crippen LogP contribution in [0.25, 0.3) is 0 Å². The van der Waals surface area contributed by atoms with Crippen LogP contribution in [0.3, 0.4) is 0 Å². The lowest BCUT2D eigenvalue weighted by Gasteiger charge is -2.40. The minimum atomic E-state index is -0.326. The molecule has 2 aliphatic rings. The third-order valence-electron chi connectivity index (χ3n) is 7.13. The van der Waals surface area contributed by atoms with E-state index in [1.807, 2.05) is 12.1 Å². The second kappa shape index (κ2) is 9.68. The van der Waals surface area contributed by atoms with Gasteiger partial charge in [0.1, 0.15) is 0 Å². The number of rotatable bonds is 6. The summed E-state index contributed by atoms with van der Waals surface area (Å²) in [5.74, 6) is 0.302. The Kier molecular flexibility index (Phi) is 6.73. The predicted octanol–water partition coefficient (Wildman–Crippen LogP) is 5.59. The minimum absolute atomic E-state index is 0.0893. The first kappa shape index (κ1) is 22.3. The molecule has 0 amide bonds. The fraction of sp³-hybridized carbons (Fsp3) is 0.444. The fourth-order valence-electron chi connectivity index (χ4n) is 5.07. The number of nitro benzene ring substituents is 1. The van der Waals surface area contributed by atoms with Crippen molar-refractivity contribution in [2.75, 3.05) is 13.1 Å². The zero-order chi connectivity index (χ0) is 22.6. The van der Waals surface area contributed by atoms with Gasteiger partial charge in [-0.2, -0.15) is 0 Å². The maximum absolute atomic E-state index is 11.1. The van der Waals surface area contributed by atoms with Gasteiger partial charge in [-0.1, -0.05) is 55.3 Å². The van der Waals surface area contributed by atoms with Crippen molar-refractivity contribution >= 4 is 11.9 Å². The molecule has 0 bridgehead atoms. The highest BCUT2D eigenvalue weighted by Gasteiger charge is 2.45. The normalized spacial score (nSPS) is 20.8. The van der Waals surface area contributed by atoms with Crippen LogP contribution in [-0.4, -0.2) is 39.2 Å². The topological polar surface area (TPSA) is 49.4 Å². The number of hydrogen-bond donors (Lipinski definition) is 0. The van der Waals surface area contributed by atoms with Gasteiger partial charge in [0.05, 0.1) is 10.8 Å². The molecule has 32 heavy (non-hydrogen) atoms. The molecule has 0 saturated carbocycles. The van der Waals surface area contributed by atoms with E-state index in [-0.39, 0.29) is 16.1 Å². The first-order valence-electron chi connectivity index (χ1n) is 11.8. The Hall–Kier alpha value is -2.95. The molecule has 5 heteroatoms. The summed E-state index contributed by atoms with van der Waals surface area (Å²) in [4.78, 5) is 13.4. The molecule has 0 radical (unpaired) electrons. The Labute approximate surface area is 191 Å². The van der Waals surface area contributed by atoms with E-state index in [9.17, 15) is 10.1 Å². The van der Waals surface area contributed by atoms with E-state index in [0.717, 1.165) is 31.6 Å². The molecule has 0 N–H and O–H groups in total. The lowest BCUT2D eigenvalue weighted by atomic mass is 9.77. The van der Waals surface area contributed by atoms with Crippen LogP contribution < -0.4 is 0 Å². The van der Waals surface area contributed by atoms with E-state index in [2.05, 4.69) is 65.9 Å². The summed E-state index contributed by atoms with van der Waals surface area (Å²) in [5.41, 5.74) is 3.93. The molecule has 4 rings (SSSR count). The first-order valence-corrected chi connectivity index (χ1v) is 11.8. The largest absolute Gasteiger partial charge is 0.374 e. The highest BCUT2D eigenvalue weighted by molar-refractivity contribution is 5.69. The van der Waals surface area contributed by atoms with Gasteiger partial charge in [-0.25, -0.2) is 4.58 Å². The van der Waals surface area contributed by atoms with Gasteiger partial charge in [-0.05, 0) is 24.8 Å². The van der Waals surface area contributed by atoms with Crippen molar-refractivity contribution in [3.8, 4) is 0 Å². The SMILES string of the molecule is CC1(C)C(Cc2ccc([N+](=O)[O-])cc2)C(N2CCCCCC2)=CC=[N+]1Cc1ccccc1. The highest BCUT2D eigenvalue weighted by Crippen LogP contribution is 2.37. The highest BCUT2D eigenvalue weighted by atomic mass is 16.6. The molecule has 1 fully saturated rings. The van der Waals surface area contributed by atoms with Crippen molar-refractivity contribution in [1.82, 2.24) is 4.90 Å². The van der Waals surface area contributed by atoms with Crippen LogP contribution in [0, 0.1) is 16.0 Å². The van der Waals surface area contributed by atoms with Crippen LogP contribution in [0.5, 0.6) is 0 Å². The smallest absolute Gasteiger partial charge is 0.269 e. The zero-order valence-corrected chi connectivity index (χ0v) is 19.2. The first-order chi connectivity index (χ1) is 15.4.